The van der Waals surface area contributed by atoms with E-state index in [9.17, 15) is 8.42 Å². The summed E-state index contributed by atoms with van der Waals surface area (Å²) in [5, 5.41) is 3.22. The molecule has 0 unspecified atom stereocenters. The minimum atomic E-state index is -3.59. The predicted molar refractivity (Wildman–Crippen MR) is 100 cm³/mol. The molecule has 0 spiro atoms. The molecule has 3 aromatic heterocycles. The minimum Gasteiger partial charge on any atom is -0.380 e. The van der Waals surface area contributed by atoms with Crippen LogP contribution in [-0.2, 0) is 23.0 Å². The van der Waals surface area contributed by atoms with Crippen molar-refractivity contribution in [3.63, 3.8) is 0 Å². The topological polar surface area (TPSA) is 84.0 Å². The molecule has 0 aliphatic heterocycles. The molecule has 8 heteroatoms. The van der Waals surface area contributed by atoms with Crippen molar-refractivity contribution in [2.45, 2.75) is 24.1 Å². The fourth-order valence-corrected chi connectivity index (χ4v) is 4.45. The van der Waals surface area contributed by atoms with E-state index >= 15 is 0 Å². The predicted octanol–water partition coefficient (Wildman–Crippen LogP) is 3.51. The summed E-state index contributed by atoms with van der Waals surface area (Å²) >= 11 is 1.27. The zero-order valence-corrected chi connectivity index (χ0v) is 15.3. The Bertz CT molecular complexity index is 923. The van der Waals surface area contributed by atoms with Gasteiger partial charge in [-0.3, -0.25) is 9.71 Å². The van der Waals surface area contributed by atoms with Crippen LogP contribution in [0.1, 0.15) is 17.4 Å². The third-order valence-corrected chi connectivity index (χ3v) is 6.55. The third kappa shape index (κ3) is 4.55. The third-order valence-electron chi connectivity index (χ3n) is 3.47. The fraction of sp³-hybridized carbons (Fsp3) is 0.176. The lowest BCUT2D eigenvalue weighted by molar-refractivity contribution is 0.603. The number of thiophene rings is 1. The summed E-state index contributed by atoms with van der Waals surface area (Å²) in [6.07, 6.45) is 5.92. The normalized spacial score (nSPS) is 11.2. The van der Waals surface area contributed by atoms with Gasteiger partial charge >= 0.3 is 0 Å². The number of hydrogen-bond donors (Lipinski definition) is 2. The van der Waals surface area contributed by atoms with E-state index in [0.29, 0.717) is 16.6 Å². The lowest BCUT2D eigenvalue weighted by Gasteiger charge is -2.08. The average molecular weight is 374 g/mol. The van der Waals surface area contributed by atoms with E-state index in [1.54, 1.807) is 36.8 Å². The molecule has 0 amide bonds. The summed E-state index contributed by atoms with van der Waals surface area (Å²) in [7, 11) is -3.59. The molecular formula is C17H18N4O2S2. The van der Waals surface area contributed by atoms with Crippen LogP contribution in [0.2, 0.25) is 0 Å². The molecule has 130 valence electrons. The van der Waals surface area contributed by atoms with Crippen LogP contribution in [0.5, 0.6) is 0 Å². The number of hydrogen-bond acceptors (Lipinski definition) is 6. The molecular weight excluding hydrogens is 356 g/mol. The highest BCUT2D eigenvalue weighted by Gasteiger charge is 2.17. The summed E-state index contributed by atoms with van der Waals surface area (Å²) in [6.45, 7) is 2.62. The first-order valence-electron chi connectivity index (χ1n) is 7.77. The number of nitrogens with zero attached hydrogens (tertiary/aromatic N) is 2. The Morgan fingerprint density at radius 1 is 1.12 bits per heavy atom. The van der Waals surface area contributed by atoms with E-state index in [2.05, 4.69) is 20.0 Å². The van der Waals surface area contributed by atoms with E-state index in [1.807, 2.05) is 25.1 Å². The lowest BCUT2D eigenvalue weighted by Crippen LogP contribution is -2.12. The van der Waals surface area contributed by atoms with Crippen molar-refractivity contribution in [2.75, 3.05) is 10.0 Å². The van der Waals surface area contributed by atoms with Crippen molar-refractivity contribution in [1.29, 1.82) is 0 Å². The van der Waals surface area contributed by atoms with E-state index in [-0.39, 0.29) is 0 Å². The van der Waals surface area contributed by atoms with Gasteiger partial charge in [0, 0.05) is 23.8 Å². The largest absolute Gasteiger partial charge is 0.380 e. The summed E-state index contributed by atoms with van der Waals surface area (Å²) in [4.78, 5) is 9.25. The molecule has 0 aliphatic rings. The van der Waals surface area contributed by atoms with Crippen molar-refractivity contribution in [1.82, 2.24) is 9.97 Å². The van der Waals surface area contributed by atoms with Crippen LogP contribution in [0.25, 0.3) is 0 Å². The zero-order chi connectivity index (χ0) is 17.7. The zero-order valence-electron chi connectivity index (χ0n) is 13.6. The average Bonchev–Trinajstić information content (AvgIpc) is 3.12. The molecule has 3 heterocycles. The number of aromatic nitrogens is 2. The van der Waals surface area contributed by atoms with Crippen LogP contribution in [0.15, 0.2) is 59.2 Å². The fourth-order valence-electron chi connectivity index (χ4n) is 2.15. The lowest BCUT2D eigenvalue weighted by atomic mass is 10.3. The van der Waals surface area contributed by atoms with E-state index in [4.69, 9.17) is 0 Å². The highest BCUT2D eigenvalue weighted by atomic mass is 32.2. The molecule has 0 aliphatic carbocycles. The van der Waals surface area contributed by atoms with Gasteiger partial charge in [-0.1, -0.05) is 13.0 Å². The van der Waals surface area contributed by atoms with Crippen LogP contribution in [0.3, 0.4) is 0 Å². The summed E-state index contributed by atoms with van der Waals surface area (Å²) < 4.78 is 27.5. The Morgan fingerprint density at radius 3 is 2.64 bits per heavy atom. The first-order chi connectivity index (χ1) is 12.1. The van der Waals surface area contributed by atoms with Gasteiger partial charge in [-0.25, -0.2) is 13.4 Å². The SMILES string of the molecule is CCc1ccc(S(=O)(=O)Nc2ccc(NCc3cccnc3)cn2)s1. The molecule has 2 N–H and O–H groups in total. The monoisotopic (exact) mass is 374 g/mol. The van der Waals surface area contributed by atoms with E-state index in [0.717, 1.165) is 22.5 Å². The van der Waals surface area contributed by atoms with Crippen molar-refractivity contribution in [3.05, 3.63) is 65.4 Å². The van der Waals surface area contributed by atoms with Gasteiger partial charge in [-0.05, 0) is 42.3 Å². The number of pyridine rings is 2. The van der Waals surface area contributed by atoms with Gasteiger partial charge in [0.25, 0.3) is 10.0 Å². The summed E-state index contributed by atoms with van der Waals surface area (Å²) in [6, 6.07) is 10.7. The molecule has 0 saturated carbocycles. The number of aryl methyl sites for hydroxylation is 1. The van der Waals surface area contributed by atoms with Gasteiger partial charge in [0.05, 0.1) is 11.9 Å². The van der Waals surface area contributed by atoms with Gasteiger partial charge in [0.2, 0.25) is 0 Å². The van der Waals surface area contributed by atoms with Crippen molar-refractivity contribution in [3.8, 4) is 0 Å². The Hall–Kier alpha value is -2.45. The first kappa shape index (κ1) is 17.4. The van der Waals surface area contributed by atoms with Gasteiger partial charge in [0.1, 0.15) is 10.0 Å². The minimum absolute atomic E-state index is 0.290. The maximum absolute atomic E-state index is 12.4. The molecule has 0 fully saturated rings. The Balaban J connectivity index is 1.64. The summed E-state index contributed by atoms with van der Waals surface area (Å²) in [5.74, 6) is 0.290. The standard InChI is InChI=1S/C17H18N4O2S2/c1-2-15-6-8-17(24-15)25(22,23)21-16-7-5-14(12-20-16)19-11-13-4-3-9-18-10-13/h3-10,12,19H,2,11H2,1H3,(H,20,21). The van der Waals surface area contributed by atoms with Gasteiger partial charge in [-0.2, -0.15) is 0 Å². The maximum atomic E-state index is 12.4. The maximum Gasteiger partial charge on any atom is 0.272 e. The van der Waals surface area contributed by atoms with Crippen molar-refractivity contribution in [2.24, 2.45) is 0 Å². The highest BCUT2D eigenvalue weighted by Crippen LogP contribution is 2.24. The van der Waals surface area contributed by atoms with Crippen LogP contribution < -0.4 is 10.0 Å². The Kier molecular flexibility index (Phi) is 5.30. The van der Waals surface area contributed by atoms with Crippen molar-refractivity contribution < 1.29 is 8.42 Å². The number of anilines is 2. The molecule has 0 aromatic carbocycles. The van der Waals surface area contributed by atoms with Crippen LogP contribution in [-0.4, -0.2) is 18.4 Å². The molecule has 25 heavy (non-hydrogen) atoms. The van der Waals surface area contributed by atoms with Crippen LogP contribution in [0, 0.1) is 0 Å². The van der Waals surface area contributed by atoms with Crippen molar-refractivity contribution >= 4 is 32.9 Å². The quantitative estimate of drug-likeness (QED) is 0.661. The molecule has 0 radical (unpaired) electrons. The second-order valence-electron chi connectivity index (χ2n) is 5.33. The molecule has 6 nitrogen and oxygen atoms in total. The van der Waals surface area contributed by atoms with Gasteiger partial charge < -0.3 is 5.32 Å². The van der Waals surface area contributed by atoms with Crippen LogP contribution in [0.4, 0.5) is 11.5 Å². The smallest absolute Gasteiger partial charge is 0.272 e. The second-order valence-corrected chi connectivity index (χ2v) is 8.40. The van der Waals surface area contributed by atoms with Gasteiger partial charge in [0.15, 0.2) is 0 Å². The molecule has 3 aromatic rings. The Morgan fingerprint density at radius 2 is 2.00 bits per heavy atom. The van der Waals surface area contributed by atoms with Gasteiger partial charge in [-0.15, -0.1) is 11.3 Å². The molecule has 0 bridgehead atoms. The van der Waals surface area contributed by atoms with E-state index < -0.39 is 10.0 Å². The first-order valence-corrected chi connectivity index (χ1v) is 10.1. The molecule has 0 saturated heterocycles. The number of nitrogens with one attached hydrogen (secondary N) is 2. The van der Waals surface area contributed by atoms with E-state index in [1.165, 1.54) is 11.3 Å². The second kappa shape index (κ2) is 7.62. The van der Waals surface area contributed by atoms with Crippen LogP contribution >= 0.6 is 11.3 Å². The molecule has 3 rings (SSSR count). The number of rotatable bonds is 7. The highest BCUT2D eigenvalue weighted by molar-refractivity contribution is 7.94. The summed E-state index contributed by atoms with van der Waals surface area (Å²) in [5.41, 5.74) is 1.85. The Labute approximate surface area is 151 Å². The number of sulfonamides is 1. The molecule has 0 atom stereocenters.